The molecule has 2 aromatic rings. The van der Waals surface area contributed by atoms with Crippen LogP contribution in [-0.4, -0.2) is 41.7 Å². The van der Waals surface area contributed by atoms with Gasteiger partial charge >= 0.3 is 0 Å². The van der Waals surface area contributed by atoms with E-state index < -0.39 is 6.10 Å². The van der Waals surface area contributed by atoms with Gasteiger partial charge in [0.1, 0.15) is 0 Å². The summed E-state index contributed by atoms with van der Waals surface area (Å²) < 4.78 is 4.88. The van der Waals surface area contributed by atoms with E-state index in [1.807, 2.05) is 24.3 Å². The molecule has 18 heavy (non-hydrogen) atoms. The monoisotopic (exact) mass is 247 g/mol. The fourth-order valence-electron chi connectivity index (χ4n) is 1.80. The lowest BCUT2D eigenvalue weighted by molar-refractivity contribution is 0.0615. The number of hydrogen-bond donors (Lipinski definition) is 2. The van der Waals surface area contributed by atoms with E-state index in [-0.39, 0.29) is 0 Å². The molecule has 2 N–H and O–H groups in total. The topological polar surface area (TPSA) is 67.3 Å². The Kier molecular flexibility index (Phi) is 4.44. The molecule has 0 fully saturated rings. The van der Waals surface area contributed by atoms with Gasteiger partial charge in [0.05, 0.1) is 30.1 Å². The summed E-state index contributed by atoms with van der Waals surface area (Å²) in [7, 11) is 1.58. The normalized spacial score (nSPS) is 12.6. The Balaban J connectivity index is 1.99. The summed E-state index contributed by atoms with van der Waals surface area (Å²) in [6, 6.07) is 7.82. The van der Waals surface area contributed by atoms with Gasteiger partial charge in [0.15, 0.2) is 0 Å². The second kappa shape index (κ2) is 6.28. The zero-order chi connectivity index (χ0) is 12.8. The van der Waals surface area contributed by atoms with Crippen molar-refractivity contribution in [1.29, 1.82) is 0 Å². The number of rotatable bonds is 6. The number of aliphatic hydroxyl groups excluding tert-OH is 1. The highest BCUT2D eigenvalue weighted by Gasteiger charge is 2.05. The molecular weight excluding hydrogens is 230 g/mol. The fourth-order valence-corrected chi connectivity index (χ4v) is 1.80. The summed E-state index contributed by atoms with van der Waals surface area (Å²) in [5, 5.41) is 21.8. The molecule has 0 aliphatic carbocycles. The number of nitrogens with zero attached hydrogens (tertiary/aromatic N) is 2. The van der Waals surface area contributed by atoms with Crippen LogP contribution >= 0.6 is 0 Å². The number of methoxy groups -OCH3 is 1. The van der Waals surface area contributed by atoms with E-state index in [9.17, 15) is 5.11 Å². The number of ether oxygens (including phenoxy) is 1. The van der Waals surface area contributed by atoms with Crippen LogP contribution in [0.2, 0.25) is 0 Å². The number of aromatic nitrogens is 2. The molecule has 0 spiro atoms. The Labute approximate surface area is 106 Å². The van der Waals surface area contributed by atoms with Crippen molar-refractivity contribution in [2.24, 2.45) is 0 Å². The lowest BCUT2D eigenvalue weighted by Crippen LogP contribution is -2.18. The maximum Gasteiger partial charge on any atom is 0.0950 e. The number of anilines is 1. The summed E-state index contributed by atoms with van der Waals surface area (Å²) in [4.78, 5) is 0. The molecule has 1 aromatic heterocycles. The molecule has 1 heterocycles. The van der Waals surface area contributed by atoms with E-state index in [0.29, 0.717) is 19.6 Å². The standard InChI is InChI=1S/C13H17N3O2/c1-18-9-10(17)6-7-14-13-8-15-16-12-5-3-2-4-11(12)13/h2-5,8,10,17H,6-7,9H2,1H3,(H,14,16). The van der Waals surface area contributed by atoms with Crippen molar-refractivity contribution in [1.82, 2.24) is 10.2 Å². The van der Waals surface area contributed by atoms with Crippen LogP contribution in [0.15, 0.2) is 30.5 Å². The van der Waals surface area contributed by atoms with Gasteiger partial charge in [-0.25, -0.2) is 0 Å². The third kappa shape index (κ3) is 3.15. The van der Waals surface area contributed by atoms with Gasteiger partial charge in [-0.1, -0.05) is 18.2 Å². The van der Waals surface area contributed by atoms with E-state index in [2.05, 4.69) is 15.5 Å². The largest absolute Gasteiger partial charge is 0.391 e. The Morgan fingerprint density at radius 2 is 2.22 bits per heavy atom. The molecular formula is C13H17N3O2. The molecule has 0 aliphatic heterocycles. The smallest absolute Gasteiger partial charge is 0.0950 e. The maximum absolute atomic E-state index is 9.55. The van der Waals surface area contributed by atoms with E-state index in [4.69, 9.17) is 4.74 Å². The molecule has 2 rings (SSSR count). The Hall–Kier alpha value is -1.72. The highest BCUT2D eigenvalue weighted by Crippen LogP contribution is 2.19. The molecule has 0 saturated heterocycles. The molecule has 1 aromatic carbocycles. The number of aliphatic hydroxyl groups is 1. The van der Waals surface area contributed by atoms with Gasteiger partial charge in [-0.15, -0.1) is 0 Å². The minimum Gasteiger partial charge on any atom is -0.391 e. The molecule has 1 atom stereocenters. The summed E-state index contributed by atoms with van der Waals surface area (Å²) in [6.45, 7) is 1.03. The number of hydrogen-bond acceptors (Lipinski definition) is 5. The molecule has 0 bridgehead atoms. The van der Waals surface area contributed by atoms with Crippen LogP contribution in [0.4, 0.5) is 5.69 Å². The highest BCUT2D eigenvalue weighted by molar-refractivity contribution is 5.90. The number of benzene rings is 1. The van der Waals surface area contributed by atoms with Crippen LogP contribution in [0.25, 0.3) is 10.9 Å². The molecule has 0 radical (unpaired) electrons. The first-order valence-electron chi connectivity index (χ1n) is 5.92. The average Bonchev–Trinajstić information content (AvgIpc) is 2.39. The molecule has 96 valence electrons. The molecule has 1 unspecified atom stereocenters. The predicted molar refractivity (Wildman–Crippen MR) is 70.5 cm³/mol. The van der Waals surface area contributed by atoms with Gasteiger partial charge < -0.3 is 15.2 Å². The SMILES string of the molecule is COCC(O)CCNc1cnnc2ccccc12. The summed E-state index contributed by atoms with van der Waals surface area (Å²) >= 11 is 0. The first-order chi connectivity index (χ1) is 8.81. The second-order valence-corrected chi connectivity index (χ2v) is 4.10. The van der Waals surface area contributed by atoms with Gasteiger partial charge in [0.2, 0.25) is 0 Å². The molecule has 0 aliphatic rings. The van der Waals surface area contributed by atoms with Crippen molar-refractivity contribution in [2.75, 3.05) is 25.6 Å². The van der Waals surface area contributed by atoms with Crippen LogP contribution in [0, 0.1) is 0 Å². The van der Waals surface area contributed by atoms with Crippen molar-refractivity contribution in [3.63, 3.8) is 0 Å². The third-order valence-corrected chi connectivity index (χ3v) is 2.70. The molecule has 5 nitrogen and oxygen atoms in total. The van der Waals surface area contributed by atoms with Gasteiger partial charge in [-0.05, 0) is 12.5 Å². The second-order valence-electron chi connectivity index (χ2n) is 4.10. The minimum atomic E-state index is -0.441. The van der Waals surface area contributed by atoms with E-state index >= 15 is 0 Å². The Morgan fingerprint density at radius 1 is 1.39 bits per heavy atom. The summed E-state index contributed by atoms with van der Waals surface area (Å²) in [6.07, 6.45) is 1.89. The first kappa shape index (κ1) is 12.7. The quantitative estimate of drug-likeness (QED) is 0.808. The molecule has 0 saturated carbocycles. The zero-order valence-corrected chi connectivity index (χ0v) is 10.3. The highest BCUT2D eigenvalue weighted by atomic mass is 16.5. The lowest BCUT2D eigenvalue weighted by Gasteiger charge is -2.11. The zero-order valence-electron chi connectivity index (χ0n) is 10.3. The maximum atomic E-state index is 9.55. The van der Waals surface area contributed by atoms with Crippen LogP contribution in [-0.2, 0) is 4.74 Å². The minimum absolute atomic E-state index is 0.358. The van der Waals surface area contributed by atoms with E-state index in [0.717, 1.165) is 16.6 Å². The van der Waals surface area contributed by atoms with Crippen LogP contribution < -0.4 is 5.32 Å². The van der Waals surface area contributed by atoms with Crippen molar-refractivity contribution < 1.29 is 9.84 Å². The van der Waals surface area contributed by atoms with Crippen LogP contribution in [0.5, 0.6) is 0 Å². The molecule has 5 heteroatoms. The van der Waals surface area contributed by atoms with Crippen molar-refractivity contribution >= 4 is 16.6 Å². The molecule has 0 amide bonds. The predicted octanol–water partition coefficient (Wildman–Crippen LogP) is 1.44. The van der Waals surface area contributed by atoms with Crippen molar-refractivity contribution in [2.45, 2.75) is 12.5 Å². The van der Waals surface area contributed by atoms with Crippen LogP contribution in [0.3, 0.4) is 0 Å². The van der Waals surface area contributed by atoms with Crippen molar-refractivity contribution in [3.05, 3.63) is 30.5 Å². The van der Waals surface area contributed by atoms with Crippen molar-refractivity contribution in [3.8, 4) is 0 Å². The Morgan fingerprint density at radius 3 is 3.06 bits per heavy atom. The first-order valence-corrected chi connectivity index (χ1v) is 5.92. The lowest BCUT2D eigenvalue weighted by atomic mass is 10.2. The number of nitrogens with one attached hydrogen (secondary N) is 1. The summed E-state index contributed by atoms with van der Waals surface area (Å²) in [5.41, 5.74) is 1.80. The van der Waals surface area contributed by atoms with E-state index in [1.165, 1.54) is 0 Å². The van der Waals surface area contributed by atoms with Gasteiger partial charge in [-0.3, -0.25) is 0 Å². The third-order valence-electron chi connectivity index (χ3n) is 2.70. The van der Waals surface area contributed by atoms with Crippen LogP contribution in [0.1, 0.15) is 6.42 Å². The number of fused-ring (bicyclic) bond motifs is 1. The van der Waals surface area contributed by atoms with Gasteiger partial charge in [0.25, 0.3) is 0 Å². The fraction of sp³-hybridized carbons (Fsp3) is 0.385. The Bertz CT molecular complexity index is 499. The summed E-state index contributed by atoms with van der Waals surface area (Å²) in [5.74, 6) is 0. The average molecular weight is 247 g/mol. The van der Waals surface area contributed by atoms with E-state index in [1.54, 1.807) is 13.3 Å². The van der Waals surface area contributed by atoms with Gasteiger partial charge in [0, 0.05) is 19.0 Å². The van der Waals surface area contributed by atoms with Gasteiger partial charge in [-0.2, -0.15) is 10.2 Å².